The summed E-state index contributed by atoms with van der Waals surface area (Å²) in [5.41, 5.74) is 0. The van der Waals surface area contributed by atoms with Crippen molar-refractivity contribution >= 4 is 27.7 Å². The van der Waals surface area contributed by atoms with E-state index < -0.39 is 11.6 Å². The number of hydrogen-bond donors (Lipinski definition) is 1. The van der Waals surface area contributed by atoms with Crippen molar-refractivity contribution in [3.8, 4) is 0 Å². The summed E-state index contributed by atoms with van der Waals surface area (Å²) in [6, 6.07) is 0.563. The molecule has 2 bridgehead atoms. The van der Waals surface area contributed by atoms with E-state index in [9.17, 15) is 13.6 Å². The van der Waals surface area contributed by atoms with Crippen LogP contribution in [0.5, 0.6) is 0 Å². The van der Waals surface area contributed by atoms with Crippen molar-refractivity contribution in [2.24, 2.45) is 17.8 Å². The van der Waals surface area contributed by atoms with Gasteiger partial charge in [-0.3, -0.25) is 4.79 Å². The Balaban J connectivity index is 1.89. The molecule has 1 heterocycles. The molecule has 3 aliphatic rings. The van der Waals surface area contributed by atoms with Gasteiger partial charge >= 0.3 is 5.97 Å². The molecule has 0 aromatic carbocycles. The number of anilines is 1. The Bertz CT molecular complexity index is 591. The van der Waals surface area contributed by atoms with Crippen LogP contribution in [0.4, 0.5) is 14.6 Å². The summed E-state index contributed by atoms with van der Waals surface area (Å²) < 4.78 is 32.1. The maximum atomic E-state index is 13.9. The fraction of sp³-hybridized carbons (Fsp3) is 0.600. The van der Waals surface area contributed by atoms with Gasteiger partial charge in [-0.15, -0.1) is 0 Å². The molecular formula is C15H17BrF2N2O2. The quantitative estimate of drug-likeness (QED) is 0.649. The van der Waals surface area contributed by atoms with E-state index in [1.807, 2.05) is 0 Å². The van der Waals surface area contributed by atoms with Crippen LogP contribution >= 0.6 is 15.9 Å². The first-order valence-corrected chi connectivity index (χ1v) is 8.16. The Morgan fingerprint density at radius 3 is 2.55 bits per heavy atom. The molecule has 4 nitrogen and oxygen atoms in total. The largest absolute Gasteiger partial charge is 0.469 e. The van der Waals surface area contributed by atoms with Crippen LogP contribution in [0.25, 0.3) is 0 Å². The number of aromatic nitrogens is 1. The Morgan fingerprint density at radius 1 is 1.27 bits per heavy atom. The summed E-state index contributed by atoms with van der Waals surface area (Å²) in [7, 11) is 1.37. The fourth-order valence-electron chi connectivity index (χ4n) is 3.84. The summed E-state index contributed by atoms with van der Waals surface area (Å²) in [4.78, 5) is 16.0. The third-order valence-corrected chi connectivity index (χ3v) is 5.44. The number of fused-ring (bicyclic) bond motifs is 3. The maximum absolute atomic E-state index is 13.9. The smallest absolute Gasteiger partial charge is 0.311 e. The van der Waals surface area contributed by atoms with E-state index in [2.05, 4.69) is 26.2 Å². The molecule has 1 aromatic rings. The first-order valence-electron chi connectivity index (χ1n) is 7.37. The van der Waals surface area contributed by atoms with E-state index in [1.165, 1.54) is 7.11 Å². The van der Waals surface area contributed by atoms with Gasteiger partial charge in [0.15, 0.2) is 17.5 Å². The number of pyridine rings is 1. The number of nitrogens with one attached hydrogen (secondary N) is 1. The highest BCUT2D eigenvalue weighted by atomic mass is 79.9. The highest BCUT2D eigenvalue weighted by molar-refractivity contribution is 9.10. The lowest BCUT2D eigenvalue weighted by atomic mass is 9.61. The first kappa shape index (κ1) is 15.6. The molecule has 1 aromatic heterocycles. The van der Waals surface area contributed by atoms with Gasteiger partial charge in [0.05, 0.1) is 13.0 Å². The number of ether oxygens (including phenoxy) is 1. The summed E-state index contributed by atoms with van der Waals surface area (Å²) in [6.07, 6.45) is 3.98. The van der Waals surface area contributed by atoms with E-state index >= 15 is 0 Å². The zero-order chi connectivity index (χ0) is 15.9. The molecule has 0 amide bonds. The molecule has 2 atom stereocenters. The van der Waals surface area contributed by atoms with Crippen LogP contribution in [0, 0.1) is 29.4 Å². The average molecular weight is 375 g/mol. The SMILES string of the molecule is COC(=O)[C@H]1C2CCC(CC2)[C@@H]1Nc1nc(Br)c(F)cc1F. The monoisotopic (exact) mass is 374 g/mol. The summed E-state index contributed by atoms with van der Waals surface area (Å²) >= 11 is 2.96. The van der Waals surface area contributed by atoms with Crippen LogP contribution in [0.3, 0.4) is 0 Å². The van der Waals surface area contributed by atoms with E-state index in [0.717, 1.165) is 31.7 Å². The van der Waals surface area contributed by atoms with Gasteiger partial charge < -0.3 is 10.1 Å². The lowest BCUT2D eigenvalue weighted by Gasteiger charge is -2.47. The van der Waals surface area contributed by atoms with Gasteiger partial charge in [0.1, 0.15) is 4.60 Å². The van der Waals surface area contributed by atoms with Crippen LogP contribution in [-0.4, -0.2) is 24.1 Å². The lowest BCUT2D eigenvalue weighted by molar-refractivity contribution is -0.152. The maximum Gasteiger partial charge on any atom is 0.311 e. The number of methoxy groups -OCH3 is 1. The van der Waals surface area contributed by atoms with E-state index in [-0.39, 0.29) is 40.2 Å². The zero-order valence-corrected chi connectivity index (χ0v) is 13.7. The standard InChI is InChI=1S/C15H17BrF2N2O2/c1-22-15(21)11-7-2-4-8(5-3-7)12(11)19-14-10(18)6-9(17)13(16)20-14/h6-8,11-12H,2-5H2,1H3,(H,19,20)/t7?,8?,11-,12-/m0/s1. The molecule has 4 rings (SSSR count). The summed E-state index contributed by atoms with van der Waals surface area (Å²) in [5.74, 6) is -1.58. The minimum absolute atomic E-state index is 0.0280. The van der Waals surface area contributed by atoms with Crippen molar-refractivity contribution in [2.45, 2.75) is 31.7 Å². The fourth-order valence-corrected chi connectivity index (χ4v) is 4.13. The number of carbonyl (C=O) groups excluding carboxylic acids is 1. The number of rotatable bonds is 3. The second kappa shape index (κ2) is 6.10. The number of carbonyl (C=O) groups is 1. The molecule has 3 fully saturated rings. The molecule has 120 valence electrons. The third-order valence-electron chi connectivity index (χ3n) is 4.88. The predicted octanol–water partition coefficient (Wildman–Crippen LogP) is 3.51. The van der Waals surface area contributed by atoms with Gasteiger partial charge in [0.2, 0.25) is 0 Å². The van der Waals surface area contributed by atoms with E-state index in [4.69, 9.17) is 4.74 Å². The molecule has 0 radical (unpaired) electrons. The third kappa shape index (κ3) is 2.71. The molecule has 7 heteroatoms. The van der Waals surface area contributed by atoms with Crippen molar-refractivity contribution in [1.29, 1.82) is 0 Å². The van der Waals surface area contributed by atoms with E-state index in [0.29, 0.717) is 0 Å². The van der Waals surface area contributed by atoms with Crippen LogP contribution in [0.1, 0.15) is 25.7 Å². The van der Waals surface area contributed by atoms with Crippen molar-refractivity contribution in [2.75, 3.05) is 12.4 Å². The Morgan fingerprint density at radius 2 is 1.91 bits per heavy atom. The van der Waals surface area contributed by atoms with Gasteiger partial charge in [-0.2, -0.15) is 0 Å². The van der Waals surface area contributed by atoms with Gasteiger partial charge in [-0.05, 0) is 53.4 Å². The Hall–Kier alpha value is -1.24. The minimum atomic E-state index is -0.759. The summed E-state index contributed by atoms with van der Waals surface area (Å²) in [5, 5.41) is 3.03. The zero-order valence-electron chi connectivity index (χ0n) is 12.1. The minimum Gasteiger partial charge on any atom is -0.469 e. The molecule has 0 spiro atoms. The molecule has 3 aliphatic carbocycles. The van der Waals surface area contributed by atoms with Crippen LogP contribution in [0.15, 0.2) is 10.7 Å². The second-order valence-corrected chi connectivity index (χ2v) is 6.74. The molecule has 0 aliphatic heterocycles. The molecule has 22 heavy (non-hydrogen) atoms. The topological polar surface area (TPSA) is 51.2 Å². The molecule has 3 saturated carbocycles. The molecule has 1 N–H and O–H groups in total. The lowest BCUT2D eigenvalue weighted by Crippen LogP contribution is -2.52. The van der Waals surface area contributed by atoms with E-state index in [1.54, 1.807) is 0 Å². The summed E-state index contributed by atoms with van der Waals surface area (Å²) in [6.45, 7) is 0. The normalized spacial score (nSPS) is 30.2. The average Bonchev–Trinajstić information content (AvgIpc) is 2.53. The van der Waals surface area contributed by atoms with Gasteiger partial charge in [0.25, 0.3) is 0 Å². The highest BCUT2D eigenvalue weighted by Gasteiger charge is 2.48. The number of esters is 1. The van der Waals surface area contributed by atoms with Crippen LogP contribution in [0.2, 0.25) is 0 Å². The van der Waals surface area contributed by atoms with Gasteiger partial charge in [-0.25, -0.2) is 13.8 Å². The highest BCUT2D eigenvalue weighted by Crippen LogP contribution is 2.46. The Labute approximate surface area is 135 Å². The predicted molar refractivity (Wildman–Crippen MR) is 80.2 cm³/mol. The van der Waals surface area contributed by atoms with Gasteiger partial charge in [0, 0.05) is 12.1 Å². The Kier molecular flexibility index (Phi) is 4.34. The molecule has 0 unspecified atom stereocenters. The number of nitrogens with zero attached hydrogens (tertiary/aromatic N) is 1. The van der Waals surface area contributed by atoms with Crippen molar-refractivity contribution in [1.82, 2.24) is 4.98 Å². The number of hydrogen-bond acceptors (Lipinski definition) is 4. The van der Waals surface area contributed by atoms with Crippen molar-refractivity contribution < 1.29 is 18.3 Å². The van der Waals surface area contributed by atoms with Gasteiger partial charge in [-0.1, -0.05) is 0 Å². The molecular weight excluding hydrogens is 358 g/mol. The number of halogens is 3. The second-order valence-electron chi connectivity index (χ2n) is 5.99. The molecule has 0 saturated heterocycles. The van der Waals surface area contributed by atoms with Crippen LogP contribution in [-0.2, 0) is 9.53 Å². The van der Waals surface area contributed by atoms with Crippen molar-refractivity contribution in [3.05, 3.63) is 22.3 Å². The van der Waals surface area contributed by atoms with Crippen molar-refractivity contribution in [3.63, 3.8) is 0 Å². The van der Waals surface area contributed by atoms with Crippen LogP contribution < -0.4 is 5.32 Å². The first-order chi connectivity index (χ1) is 10.5.